The topological polar surface area (TPSA) is 174 Å². The van der Waals surface area contributed by atoms with Crippen molar-refractivity contribution in [2.75, 3.05) is 53.4 Å². The third-order valence-corrected chi connectivity index (χ3v) is 14.5. The summed E-state index contributed by atoms with van der Waals surface area (Å²) in [6.07, 6.45) is 2.84. The number of hydrogen-bond donors (Lipinski definition) is 3. The van der Waals surface area contributed by atoms with Crippen LogP contribution in [-0.4, -0.2) is 139 Å². The molecule has 5 amide bonds. The second-order valence-corrected chi connectivity index (χ2v) is 19.8. The van der Waals surface area contributed by atoms with Gasteiger partial charge in [0.1, 0.15) is 11.0 Å². The summed E-state index contributed by atoms with van der Waals surface area (Å²) in [5, 5.41) is 18.4. The van der Waals surface area contributed by atoms with Gasteiger partial charge in [0.25, 0.3) is 0 Å². The molecule has 0 spiro atoms. The van der Waals surface area contributed by atoms with Crippen LogP contribution in [-0.2, 0) is 41.5 Å². The lowest BCUT2D eigenvalue weighted by atomic mass is 9.89. The highest BCUT2D eigenvalue weighted by molar-refractivity contribution is 7.09. The number of methoxy groups -OCH3 is 2. The Morgan fingerprint density at radius 1 is 0.881 bits per heavy atom. The predicted molar refractivity (Wildman–Crippen MR) is 264 cm³/mol. The normalized spacial score (nSPS) is 17.6. The van der Waals surface area contributed by atoms with Gasteiger partial charge in [-0.1, -0.05) is 97.4 Å². The first-order valence-electron chi connectivity index (χ1n) is 23.8. The van der Waals surface area contributed by atoms with E-state index in [-0.39, 0.29) is 59.9 Å². The highest BCUT2D eigenvalue weighted by Gasteiger charge is 2.43. The molecule has 1 aromatic heterocycles. The third kappa shape index (κ3) is 14.6. The zero-order valence-electron chi connectivity index (χ0n) is 41.8. The molecule has 9 atom stereocenters. The van der Waals surface area contributed by atoms with Crippen LogP contribution in [0.25, 0.3) is 0 Å². The van der Waals surface area contributed by atoms with Crippen LogP contribution >= 0.6 is 11.3 Å². The first-order valence-corrected chi connectivity index (χ1v) is 24.6. The molecule has 1 saturated heterocycles. The molecule has 2 heterocycles. The standard InChI is InChI=1S/C51H77N7O8S/c1-13-34(6)45(57(10)50(62)43(32(2)3)54-48(61)44(33(4)5)55(8)28-25-36-21-23-38(24-22-36)56(9)51(63)64)41(65-11)31-42(59)58-27-17-20-40(58)46(66-12)35(7)47(60)53-39(49-52-26-29-67-49)30-37-18-15-14-16-19-37/h14-16,18-19,21-24,26,29,32-35,39-41,43-46H,13,17,20,25,27-28,30-31H2,1-12H3,(H,53,60)(H,54,61)(H,63,64)/t34-,35+,39-,40-,41+,43-,44-,45-,46?/m0/s1. The van der Waals surface area contributed by atoms with Crippen molar-refractivity contribution in [1.29, 1.82) is 0 Å². The largest absolute Gasteiger partial charge is 0.465 e. The van der Waals surface area contributed by atoms with Crippen molar-refractivity contribution in [3.8, 4) is 0 Å². The molecule has 0 saturated carbocycles. The van der Waals surface area contributed by atoms with Crippen LogP contribution in [0.15, 0.2) is 66.2 Å². The number of aromatic nitrogens is 1. The molecule has 3 aromatic rings. The van der Waals surface area contributed by atoms with Gasteiger partial charge in [-0.05, 0) is 73.7 Å². The van der Waals surface area contributed by atoms with E-state index in [1.165, 1.54) is 18.4 Å². The van der Waals surface area contributed by atoms with Gasteiger partial charge in [0.2, 0.25) is 23.6 Å². The highest BCUT2D eigenvalue weighted by Crippen LogP contribution is 2.31. The Morgan fingerprint density at radius 2 is 1.55 bits per heavy atom. The fourth-order valence-corrected chi connectivity index (χ4v) is 10.2. The van der Waals surface area contributed by atoms with E-state index in [9.17, 15) is 29.1 Å². The summed E-state index contributed by atoms with van der Waals surface area (Å²) in [6.45, 7) is 14.8. The van der Waals surface area contributed by atoms with Crippen molar-refractivity contribution in [2.24, 2.45) is 23.7 Å². The van der Waals surface area contributed by atoms with Crippen LogP contribution in [0.1, 0.15) is 96.3 Å². The Balaban J connectivity index is 1.46. The van der Waals surface area contributed by atoms with Crippen molar-refractivity contribution in [3.63, 3.8) is 0 Å². The van der Waals surface area contributed by atoms with Crippen molar-refractivity contribution >= 4 is 46.7 Å². The molecule has 370 valence electrons. The Kier molecular flexibility index (Phi) is 21.2. The molecule has 67 heavy (non-hydrogen) atoms. The number of carbonyl (C=O) groups excluding carboxylic acids is 4. The number of benzene rings is 2. The van der Waals surface area contributed by atoms with Gasteiger partial charge in [0, 0.05) is 58.7 Å². The molecule has 1 unspecified atom stereocenters. The smallest absolute Gasteiger partial charge is 0.411 e. The van der Waals surface area contributed by atoms with E-state index < -0.39 is 42.3 Å². The van der Waals surface area contributed by atoms with Crippen LogP contribution in [0.2, 0.25) is 0 Å². The van der Waals surface area contributed by atoms with Gasteiger partial charge in [0.05, 0.1) is 48.7 Å². The van der Waals surface area contributed by atoms with E-state index >= 15 is 0 Å². The number of anilines is 1. The zero-order valence-corrected chi connectivity index (χ0v) is 42.6. The maximum absolute atomic E-state index is 14.7. The van der Waals surface area contributed by atoms with Crippen LogP contribution < -0.4 is 15.5 Å². The van der Waals surface area contributed by atoms with E-state index in [1.807, 2.05) is 113 Å². The molecule has 0 radical (unpaired) electrons. The number of thiazole rings is 1. The van der Waals surface area contributed by atoms with Crippen LogP contribution in [0.4, 0.5) is 10.5 Å². The molecule has 1 fully saturated rings. The number of likely N-dealkylation sites (N-methyl/N-ethyl adjacent to an activating group) is 2. The summed E-state index contributed by atoms with van der Waals surface area (Å²) in [5.74, 6) is -1.78. The summed E-state index contributed by atoms with van der Waals surface area (Å²) in [4.78, 5) is 79.9. The van der Waals surface area contributed by atoms with E-state index in [0.717, 1.165) is 27.5 Å². The minimum atomic E-state index is -1.04. The molecule has 4 rings (SSSR count). The van der Waals surface area contributed by atoms with Gasteiger partial charge in [-0.3, -0.25) is 29.0 Å². The molecule has 2 aromatic carbocycles. The predicted octanol–water partition coefficient (Wildman–Crippen LogP) is 6.92. The quantitative estimate of drug-likeness (QED) is 0.0810. The lowest BCUT2D eigenvalue weighted by Gasteiger charge is -2.41. The number of carbonyl (C=O) groups is 5. The lowest BCUT2D eigenvalue weighted by molar-refractivity contribution is -0.148. The number of nitrogens with one attached hydrogen (secondary N) is 2. The monoisotopic (exact) mass is 948 g/mol. The van der Waals surface area contributed by atoms with Crippen molar-refractivity contribution < 1.29 is 38.6 Å². The number of carboxylic acid groups (broad SMARTS) is 1. The first-order chi connectivity index (χ1) is 31.8. The van der Waals surface area contributed by atoms with Gasteiger partial charge in [-0.15, -0.1) is 11.3 Å². The molecule has 0 aliphatic carbocycles. The van der Waals surface area contributed by atoms with E-state index in [0.29, 0.717) is 44.5 Å². The Labute approximate surface area is 403 Å². The van der Waals surface area contributed by atoms with E-state index in [4.69, 9.17) is 9.47 Å². The summed E-state index contributed by atoms with van der Waals surface area (Å²) in [5.41, 5.74) is 2.65. The van der Waals surface area contributed by atoms with E-state index in [1.54, 1.807) is 44.5 Å². The van der Waals surface area contributed by atoms with Gasteiger partial charge in [-0.25, -0.2) is 9.78 Å². The zero-order chi connectivity index (χ0) is 49.5. The van der Waals surface area contributed by atoms with Gasteiger partial charge in [-0.2, -0.15) is 0 Å². The number of likely N-dealkylation sites (tertiary alicyclic amines) is 1. The summed E-state index contributed by atoms with van der Waals surface area (Å²) < 4.78 is 12.2. The summed E-state index contributed by atoms with van der Waals surface area (Å²) in [7, 11) is 8.29. The van der Waals surface area contributed by atoms with Crippen LogP contribution in [0.5, 0.6) is 0 Å². The Morgan fingerprint density at radius 3 is 2.10 bits per heavy atom. The van der Waals surface area contributed by atoms with Crippen molar-refractivity contribution in [2.45, 2.75) is 129 Å². The van der Waals surface area contributed by atoms with Gasteiger partial charge in [0.15, 0.2) is 0 Å². The number of hydrogen-bond acceptors (Lipinski definition) is 10. The maximum atomic E-state index is 14.7. The third-order valence-electron chi connectivity index (χ3n) is 13.6. The number of ether oxygens (including phenoxy) is 2. The second-order valence-electron chi connectivity index (χ2n) is 18.9. The molecule has 1 aliphatic rings. The Hall–Kier alpha value is -4.90. The second kappa shape index (κ2) is 26.0. The number of nitrogens with zero attached hydrogens (tertiary/aromatic N) is 5. The Bertz CT molecular complexity index is 2020. The molecule has 1 aliphatic heterocycles. The highest BCUT2D eigenvalue weighted by atomic mass is 32.1. The molecule has 15 nitrogen and oxygen atoms in total. The fourth-order valence-electron chi connectivity index (χ4n) is 9.49. The minimum absolute atomic E-state index is 0.0117. The minimum Gasteiger partial charge on any atom is -0.465 e. The SMILES string of the molecule is CC[C@H](C)[C@@H]([C@@H](CC(=O)N1CCC[C@H]1C(OC)[C@@H](C)C(=O)N[C@@H](Cc1ccccc1)c1nccs1)OC)N(C)C(=O)[C@@H](NC(=O)[C@H](C(C)C)N(C)CCc1ccc(N(C)C(=O)O)cc1)C(C)C. The molecule has 16 heteroatoms. The fraction of sp³-hybridized carbons (Fsp3) is 0.608. The average Bonchev–Trinajstić information content (AvgIpc) is 4.03. The van der Waals surface area contributed by atoms with Crippen LogP contribution in [0.3, 0.4) is 0 Å². The molecular formula is C51H77N7O8S. The summed E-state index contributed by atoms with van der Waals surface area (Å²) in [6, 6.07) is 14.8. The molecular weight excluding hydrogens is 871 g/mol. The van der Waals surface area contributed by atoms with Gasteiger partial charge < -0.3 is 35.0 Å². The number of amides is 5. The molecule has 0 bridgehead atoms. The summed E-state index contributed by atoms with van der Waals surface area (Å²) >= 11 is 1.50. The molecule has 3 N–H and O–H groups in total. The van der Waals surface area contributed by atoms with Crippen molar-refractivity contribution in [3.05, 3.63) is 82.3 Å². The average molecular weight is 948 g/mol. The first kappa shape index (κ1) is 54.7. The van der Waals surface area contributed by atoms with E-state index in [2.05, 4.69) is 15.6 Å². The van der Waals surface area contributed by atoms with Crippen molar-refractivity contribution in [1.82, 2.24) is 30.3 Å². The maximum Gasteiger partial charge on any atom is 0.411 e. The van der Waals surface area contributed by atoms with Gasteiger partial charge >= 0.3 is 6.09 Å². The lowest BCUT2D eigenvalue weighted by Crippen LogP contribution is -2.60. The number of rotatable bonds is 25. The van der Waals surface area contributed by atoms with Crippen LogP contribution in [0, 0.1) is 23.7 Å².